The highest BCUT2D eigenvalue weighted by Crippen LogP contribution is 2.28. The van der Waals surface area contributed by atoms with Gasteiger partial charge in [0.1, 0.15) is 5.82 Å². The molecule has 0 radical (unpaired) electrons. The second-order valence-electron chi connectivity index (χ2n) is 4.24. The number of phenolic OH excluding ortho intramolecular Hbond substituents is 1. The van der Waals surface area contributed by atoms with E-state index in [-0.39, 0.29) is 29.2 Å². The van der Waals surface area contributed by atoms with Gasteiger partial charge in [0.05, 0.1) is 16.9 Å². The minimum Gasteiger partial charge on any atom is -0.505 e. The molecule has 4 nitrogen and oxygen atoms in total. The van der Waals surface area contributed by atoms with Gasteiger partial charge in [0, 0.05) is 6.54 Å². The second-order valence-corrected chi connectivity index (χ2v) is 4.24. The number of amides is 1. The number of benzene rings is 2. The van der Waals surface area contributed by atoms with Crippen LogP contribution in [0.1, 0.15) is 17.3 Å². The first-order valence-corrected chi connectivity index (χ1v) is 6.20. The molecule has 2 aromatic carbocycles. The molecule has 20 heavy (non-hydrogen) atoms. The van der Waals surface area contributed by atoms with Crippen molar-refractivity contribution < 1.29 is 14.3 Å². The molecule has 0 spiro atoms. The van der Waals surface area contributed by atoms with Crippen LogP contribution < -0.4 is 10.6 Å². The molecule has 0 aliphatic rings. The Bertz CT molecular complexity index is 644. The monoisotopic (exact) mass is 274 g/mol. The lowest BCUT2D eigenvalue weighted by atomic mass is 10.1. The fourth-order valence-electron chi connectivity index (χ4n) is 1.97. The van der Waals surface area contributed by atoms with Gasteiger partial charge in [-0.3, -0.25) is 4.79 Å². The third-order valence-corrected chi connectivity index (χ3v) is 3.00. The molecule has 0 saturated heterocycles. The summed E-state index contributed by atoms with van der Waals surface area (Å²) in [6.45, 7) is 2.00. The Balaban J connectivity index is 2.45. The second kappa shape index (κ2) is 5.61. The molecule has 0 atom stereocenters. The normalized spacial score (nSPS) is 10.3. The van der Waals surface area contributed by atoms with Crippen molar-refractivity contribution in [2.45, 2.75) is 6.92 Å². The summed E-state index contributed by atoms with van der Waals surface area (Å²) in [7, 11) is 0. The maximum Gasteiger partial charge on any atom is 0.262 e. The average Bonchev–Trinajstić information content (AvgIpc) is 2.44. The topological polar surface area (TPSA) is 66.6 Å². The number of hydrogen-bond acceptors (Lipinski definition) is 3. The van der Waals surface area contributed by atoms with Crippen LogP contribution >= 0.6 is 0 Å². The molecule has 0 fully saturated rings. The lowest BCUT2D eigenvalue weighted by Crippen LogP contribution is -2.31. The highest BCUT2D eigenvalue weighted by molar-refractivity contribution is 6.08. The molecule has 2 rings (SSSR count). The number of nitrogen functional groups attached to an aromatic ring is 1. The number of nitrogens with zero attached hydrogens (tertiary/aromatic N) is 1. The Morgan fingerprint density at radius 1 is 1.25 bits per heavy atom. The predicted molar refractivity (Wildman–Crippen MR) is 76.3 cm³/mol. The minimum absolute atomic E-state index is 0.0510. The predicted octanol–water partition coefficient (Wildman–Crippen LogP) is 2.78. The molecule has 0 saturated carbocycles. The molecule has 3 N–H and O–H groups in total. The number of halogens is 1. The van der Waals surface area contributed by atoms with Crippen LogP contribution in [-0.4, -0.2) is 17.6 Å². The number of phenols is 1. The van der Waals surface area contributed by atoms with E-state index in [2.05, 4.69) is 0 Å². The van der Waals surface area contributed by atoms with Gasteiger partial charge in [-0.15, -0.1) is 0 Å². The van der Waals surface area contributed by atoms with Crippen LogP contribution in [0.2, 0.25) is 0 Å². The van der Waals surface area contributed by atoms with Crippen molar-refractivity contribution in [3.63, 3.8) is 0 Å². The largest absolute Gasteiger partial charge is 0.505 e. The standard InChI is InChI=1S/C15H15FN2O2/c1-2-18(13-9-4-3-7-11(13)16)15(20)10-6-5-8-12(17)14(10)19/h3-9,19H,2,17H2,1H3. The first-order chi connectivity index (χ1) is 9.56. The minimum atomic E-state index is -0.498. The summed E-state index contributed by atoms with van der Waals surface area (Å²) in [6, 6.07) is 10.5. The molecule has 1 amide bonds. The summed E-state index contributed by atoms with van der Waals surface area (Å²) >= 11 is 0. The fourth-order valence-corrected chi connectivity index (χ4v) is 1.97. The van der Waals surface area contributed by atoms with Crippen LogP contribution in [0.4, 0.5) is 15.8 Å². The van der Waals surface area contributed by atoms with Crippen LogP contribution in [0.3, 0.4) is 0 Å². The van der Waals surface area contributed by atoms with Crippen molar-refractivity contribution in [1.82, 2.24) is 0 Å². The molecule has 0 heterocycles. The zero-order valence-corrected chi connectivity index (χ0v) is 11.0. The van der Waals surface area contributed by atoms with Gasteiger partial charge in [-0.25, -0.2) is 4.39 Å². The number of carbonyl (C=O) groups is 1. The summed E-state index contributed by atoms with van der Waals surface area (Å²) in [5.41, 5.74) is 5.90. The molecule has 0 unspecified atom stereocenters. The zero-order valence-electron chi connectivity index (χ0n) is 11.0. The Morgan fingerprint density at radius 3 is 2.60 bits per heavy atom. The molecule has 0 aliphatic carbocycles. The highest BCUT2D eigenvalue weighted by Gasteiger charge is 2.22. The van der Waals surface area contributed by atoms with E-state index in [1.807, 2.05) is 0 Å². The van der Waals surface area contributed by atoms with Gasteiger partial charge in [0.25, 0.3) is 5.91 Å². The Labute approximate surface area is 116 Å². The molecule has 5 heteroatoms. The van der Waals surface area contributed by atoms with Crippen molar-refractivity contribution in [2.75, 3.05) is 17.2 Å². The third kappa shape index (κ3) is 2.42. The van der Waals surface area contributed by atoms with Gasteiger partial charge >= 0.3 is 0 Å². The summed E-state index contributed by atoms with van der Waals surface area (Å²) < 4.78 is 13.8. The van der Waals surface area contributed by atoms with Gasteiger partial charge in [-0.05, 0) is 31.2 Å². The van der Waals surface area contributed by atoms with E-state index >= 15 is 0 Å². The summed E-state index contributed by atoms with van der Waals surface area (Å²) in [5, 5.41) is 9.86. The summed E-state index contributed by atoms with van der Waals surface area (Å²) in [4.78, 5) is 13.7. The average molecular weight is 274 g/mol. The lowest BCUT2D eigenvalue weighted by Gasteiger charge is -2.22. The number of nitrogens with two attached hydrogens (primary N) is 1. The Kier molecular flexibility index (Phi) is 3.89. The first-order valence-electron chi connectivity index (χ1n) is 6.20. The van der Waals surface area contributed by atoms with Gasteiger partial charge in [-0.1, -0.05) is 18.2 Å². The van der Waals surface area contributed by atoms with Crippen molar-refractivity contribution in [3.8, 4) is 5.75 Å². The Hall–Kier alpha value is -2.56. The van der Waals surface area contributed by atoms with Crippen molar-refractivity contribution in [2.24, 2.45) is 0 Å². The maximum atomic E-state index is 13.8. The molecule has 0 aliphatic heterocycles. The van der Waals surface area contributed by atoms with Gasteiger partial charge in [0.2, 0.25) is 0 Å². The number of para-hydroxylation sites is 2. The van der Waals surface area contributed by atoms with Crippen LogP contribution in [-0.2, 0) is 0 Å². The number of carbonyl (C=O) groups excluding carboxylic acids is 1. The Morgan fingerprint density at radius 2 is 1.95 bits per heavy atom. The van der Waals surface area contributed by atoms with Gasteiger partial charge < -0.3 is 15.7 Å². The van der Waals surface area contributed by atoms with E-state index in [0.29, 0.717) is 0 Å². The zero-order chi connectivity index (χ0) is 14.7. The SMILES string of the molecule is CCN(C(=O)c1cccc(N)c1O)c1ccccc1F. The van der Waals surface area contributed by atoms with E-state index in [0.717, 1.165) is 0 Å². The van der Waals surface area contributed by atoms with Crippen LogP contribution in [0.15, 0.2) is 42.5 Å². The lowest BCUT2D eigenvalue weighted by molar-refractivity contribution is 0.0985. The number of hydrogen-bond donors (Lipinski definition) is 2. The van der Waals surface area contributed by atoms with E-state index in [1.165, 1.54) is 29.2 Å². The van der Waals surface area contributed by atoms with Crippen LogP contribution in [0.5, 0.6) is 5.75 Å². The smallest absolute Gasteiger partial charge is 0.262 e. The van der Waals surface area contributed by atoms with Crippen molar-refractivity contribution >= 4 is 17.3 Å². The first kappa shape index (κ1) is 13.9. The number of rotatable bonds is 3. The molecule has 104 valence electrons. The maximum absolute atomic E-state index is 13.8. The van der Waals surface area contributed by atoms with Crippen molar-refractivity contribution in [3.05, 3.63) is 53.8 Å². The van der Waals surface area contributed by atoms with E-state index < -0.39 is 11.7 Å². The van der Waals surface area contributed by atoms with Gasteiger partial charge in [0.15, 0.2) is 5.75 Å². The highest BCUT2D eigenvalue weighted by atomic mass is 19.1. The third-order valence-electron chi connectivity index (χ3n) is 3.00. The van der Waals surface area contributed by atoms with Gasteiger partial charge in [-0.2, -0.15) is 0 Å². The molecular weight excluding hydrogens is 259 g/mol. The molecular formula is C15H15FN2O2. The van der Waals surface area contributed by atoms with Crippen LogP contribution in [0, 0.1) is 5.82 Å². The van der Waals surface area contributed by atoms with Crippen LogP contribution in [0.25, 0.3) is 0 Å². The quantitative estimate of drug-likeness (QED) is 0.668. The van der Waals surface area contributed by atoms with E-state index in [4.69, 9.17) is 5.73 Å². The fraction of sp³-hybridized carbons (Fsp3) is 0.133. The van der Waals surface area contributed by atoms with Crippen molar-refractivity contribution in [1.29, 1.82) is 0 Å². The summed E-state index contributed by atoms with van der Waals surface area (Å²) in [5.74, 6) is -1.28. The van der Waals surface area contributed by atoms with E-state index in [9.17, 15) is 14.3 Å². The molecule has 0 aromatic heterocycles. The molecule has 2 aromatic rings. The molecule has 0 bridgehead atoms. The number of anilines is 2. The van der Waals surface area contributed by atoms with E-state index in [1.54, 1.807) is 25.1 Å². The summed E-state index contributed by atoms with van der Waals surface area (Å²) in [6.07, 6.45) is 0. The number of aromatic hydroxyl groups is 1.